The van der Waals surface area contributed by atoms with Gasteiger partial charge in [0.15, 0.2) is 0 Å². The van der Waals surface area contributed by atoms with E-state index in [1.165, 1.54) is 22.3 Å². The Morgan fingerprint density at radius 1 is 0.500 bits per heavy atom. The molecule has 0 unspecified atom stereocenters. The summed E-state index contributed by atoms with van der Waals surface area (Å²) in [6.07, 6.45) is 0. The van der Waals surface area contributed by atoms with Crippen molar-refractivity contribution in [1.29, 1.82) is 0 Å². The van der Waals surface area contributed by atoms with E-state index in [9.17, 15) is 0 Å². The first kappa shape index (κ1) is 9.82. The molecule has 0 bridgehead atoms. The molecule has 0 saturated carbocycles. The van der Waals surface area contributed by atoms with Gasteiger partial charge in [0.1, 0.15) is 0 Å². The minimum atomic E-state index is 1.29. The molecule has 0 radical (unpaired) electrons. The lowest BCUT2D eigenvalue weighted by Crippen LogP contribution is -1.75. The first-order chi connectivity index (χ1) is 7.93. The van der Waals surface area contributed by atoms with E-state index >= 15 is 0 Å². The van der Waals surface area contributed by atoms with E-state index in [0.29, 0.717) is 0 Å². The predicted octanol–water partition coefficient (Wildman–Crippen LogP) is 5.14. The maximum Gasteiger partial charge on any atom is -0.00147 e. The summed E-state index contributed by atoms with van der Waals surface area (Å²) in [6, 6.07) is 13.1. The van der Waals surface area contributed by atoms with Crippen LogP contribution >= 0.6 is 22.7 Å². The van der Waals surface area contributed by atoms with Gasteiger partial charge in [0.25, 0.3) is 0 Å². The third-order valence-corrected chi connectivity index (χ3v) is 3.96. The first-order valence-electron chi connectivity index (χ1n) is 5.09. The molecule has 0 nitrogen and oxygen atoms in total. The first-order valence-corrected chi connectivity index (χ1v) is 6.97. The molecule has 16 heavy (non-hydrogen) atoms. The molecule has 2 heteroatoms. The van der Waals surface area contributed by atoms with Crippen molar-refractivity contribution in [3.63, 3.8) is 0 Å². The van der Waals surface area contributed by atoms with E-state index in [2.05, 4.69) is 57.9 Å². The highest BCUT2D eigenvalue weighted by molar-refractivity contribution is 7.08. The van der Waals surface area contributed by atoms with Gasteiger partial charge in [-0.3, -0.25) is 0 Å². The van der Waals surface area contributed by atoms with E-state index < -0.39 is 0 Å². The van der Waals surface area contributed by atoms with Gasteiger partial charge in [0.05, 0.1) is 0 Å². The summed E-state index contributed by atoms with van der Waals surface area (Å²) in [4.78, 5) is 0. The number of thiophene rings is 2. The van der Waals surface area contributed by atoms with Gasteiger partial charge < -0.3 is 0 Å². The normalized spacial score (nSPS) is 10.5. The van der Waals surface area contributed by atoms with E-state index in [1.54, 1.807) is 22.7 Å². The van der Waals surface area contributed by atoms with Gasteiger partial charge in [0, 0.05) is 0 Å². The van der Waals surface area contributed by atoms with Crippen LogP contribution in [0.4, 0.5) is 0 Å². The zero-order chi connectivity index (χ0) is 10.8. The smallest absolute Gasteiger partial charge is 0.00147 e. The Balaban J connectivity index is 1.97. The lowest BCUT2D eigenvalue weighted by molar-refractivity contribution is 1.65. The quantitative estimate of drug-likeness (QED) is 0.583. The molecule has 0 aliphatic rings. The second-order valence-corrected chi connectivity index (χ2v) is 5.16. The van der Waals surface area contributed by atoms with Crippen LogP contribution in [0, 0.1) is 0 Å². The van der Waals surface area contributed by atoms with Gasteiger partial charge >= 0.3 is 0 Å². The van der Waals surface area contributed by atoms with Crippen LogP contribution < -0.4 is 0 Å². The maximum atomic E-state index is 2.19. The predicted molar refractivity (Wildman–Crippen MR) is 73.1 cm³/mol. The van der Waals surface area contributed by atoms with Crippen LogP contribution in [-0.2, 0) is 0 Å². The number of rotatable bonds is 2. The van der Waals surface area contributed by atoms with Crippen molar-refractivity contribution in [3.05, 3.63) is 57.9 Å². The summed E-state index contributed by atoms with van der Waals surface area (Å²) in [5, 5.41) is 8.59. The number of hydrogen-bond donors (Lipinski definition) is 0. The topological polar surface area (TPSA) is 0 Å². The maximum absolute atomic E-state index is 2.19. The molecule has 0 fully saturated rings. The Morgan fingerprint density at radius 2 is 0.938 bits per heavy atom. The summed E-state index contributed by atoms with van der Waals surface area (Å²) in [5.41, 5.74) is 5.20. The fourth-order valence-corrected chi connectivity index (χ4v) is 3.04. The monoisotopic (exact) mass is 242 g/mol. The molecule has 78 valence electrons. The molecule has 2 aromatic heterocycles. The number of hydrogen-bond acceptors (Lipinski definition) is 2. The van der Waals surface area contributed by atoms with Crippen molar-refractivity contribution in [2.24, 2.45) is 0 Å². The summed E-state index contributed by atoms with van der Waals surface area (Å²) in [6.45, 7) is 0. The Labute approximate surface area is 103 Å². The Bertz CT molecular complexity index is 492. The fraction of sp³-hybridized carbons (Fsp3) is 0. The van der Waals surface area contributed by atoms with Crippen molar-refractivity contribution < 1.29 is 0 Å². The molecule has 0 N–H and O–H groups in total. The molecule has 0 aliphatic carbocycles. The van der Waals surface area contributed by atoms with Gasteiger partial charge in [-0.1, -0.05) is 24.3 Å². The van der Waals surface area contributed by atoms with Gasteiger partial charge in [-0.15, -0.1) is 0 Å². The molecular formula is C14H10S2. The van der Waals surface area contributed by atoms with Crippen LogP contribution in [0.25, 0.3) is 22.3 Å². The average Bonchev–Trinajstić information content (AvgIpc) is 3.03. The highest BCUT2D eigenvalue weighted by Gasteiger charge is 2.00. The van der Waals surface area contributed by atoms with Gasteiger partial charge in [0.2, 0.25) is 0 Å². The van der Waals surface area contributed by atoms with Gasteiger partial charge in [-0.2, -0.15) is 22.7 Å². The van der Waals surface area contributed by atoms with Crippen molar-refractivity contribution in [2.45, 2.75) is 0 Å². The molecular weight excluding hydrogens is 232 g/mol. The van der Waals surface area contributed by atoms with Crippen molar-refractivity contribution >= 4 is 22.7 Å². The highest BCUT2D eigenvalue weighted by atomic mass is 32.1. The standard InChI is InChI=1S/C14H10S2/c1-2-12(14-6-8-16-10-14)4-3-11(1)13-5-7-15-9-13/h1-10H. The molecule has 0 saturated heterocycles. The third-order valence-electron chi connectivity index (χ3n) is 2.59. The summed E-state index contributed by atoms with van der Waals surface area (Å²) in [5.74, 6) is 0. The molecule has 0 aliphatic heterocycles. The van der Waals surface area contributed by atoms with Crippen LogP contribution in [0.15, 0.2) is 57.9 Å². The summed E-state index contributed by atoms with van der Waals surface area (Å²) >= 11 is 3.48. The molecule has 0 amide bonds. The fourth-order valence-electron chi connectivity index (χ4n) is 1.71. The third kappa shape index (κ3) is 1.82. The van der Waals surface area contributed by atoms with Crippen LogP contribution in [0.1, 0.15) is 0 Å². The minimum Gasteiger partial charge on any atom is -0.152 e. The largest absolute Gasteiger partial charge is 0.152 e. The van der Waals surface area contributed by atoms with Gasteiger partial charge in [-0.25, -0.2) is 0 Å². The highest BCUT2D eigenvalue weighted by Crippen LogP contribution is 2.27. The van der Waals surface area contributed by atoms with E-state index in [1.807, 2.05) is 0 Å². The SMILES string of the molecule is c1cc(-c2ccc(-c3ccsc3)cc2)cs1. The Kier molecular flexibility index (Phi) is 2.60. The lowest BCUT2D eigenvalue weighted by Gasteiger charge is -2.00. The Morgan fingerprint density at radius 3 is 1.25 bits per heavy atom. The van der Waals surface area contributed by atoms with E-state index in [0.717, 1.165) is 0 Å². The summed E-state index contributed by atoms with van der Waals surface area (Å²) < 4.78 is 0. The zero-order valence-corrected chi connectivity index (χ0v) is 10.2. The van der Waals surface area contributed by atoms with Crippen LogP contribution in [0.3, 0.4) is 0 Å². The van der Waals surface area contributed by atoms with Crippen LogP contribution in [-0.4, -0.2) is 0 Å². The molecule has 3 rings (SSSR count). The van der Waals surface area contributed by atoms with Crippen molar-refractivity contribution in [1.82, 2.24) is 0 Å². The van der Waals surface area contributed by atoms with Crippen molar-refractivity contribution in [2.75, 3.05) is 0 Å². The molecule has 3 aromatic rings. The van der Waals surface area contributed by atoms with E-state index in [4.69, 9.17) is 0 Å². The minimum absolute atomic E-state index is 1.29. The van der Waals surface area contributed by atoms with Gasteiger partial charge in [-0.05, 0) is 55.9 Å². The van der Waals surface area contributed by atoms with Crippen LogP contribution in [0.5, 0.6) is 0 Å². The summed E-state index contributed by atoms with van der Waals surface area (Å²) in [7, 11) is 0. The zero-order valence-electron chi connectivity index (χ0n) is 8.59. The Hall–Kier alpha value is -1.38. The molecule has 1 aromatic carbocycles. The molecule has 0 atom stereocenters. The van der Waals surface area contributed by atoms with E-state index in [-0.39, 0.29) is 0 Å². The molecule has 0 spiro atoms. The van der Waals surface area contributed by atoms with Crippen LogP contribution in [0.2, 0.25) is 0 Å². The average molecular weight is 242 g/mol. The second-order valence-electron chi connectivity index (χ2n) is 3.60. The lowest BCUT2D eigenvalue weighted by atomic mass is 10.0. The molecule has 2 heterocycles. The van der Waals surface area contributed by atoms with Crippen molar-refractivity contribution in [3.8, 4) is 22.3 Å². The number of benzene rings is 1. The second kappa shape index (κ2) is 4.24.